The predicted octanol–water partition coefficient (Wildman–Crippen LogP) is 5.19. The smallest absolute Gasteiger partial charge is 0.0540 e. The topological polar surface area (TPSA) is 37.3 Å². The Kier molecular flexibility index (Phi) is 4.73. The van der Waals surface area contributed by atoms with Gasteiger partial charge in [-0.15, -0.1) is 0 Å². The number of benzene rings is 1. The molecule has 1 spiro atoms. The van der Waals surface area contributed by atoms with Crippen LogP contribution in [0.1, 0.15) is 70.4 Å². The molecule has 5 unspecified atom stereocenters. The summed E-state index contributed by atoms with van der Waals surface area (Å²) in [6, 6.07) is 6.77. The van der Waals surface area contributed by atoms with Crippen LogP contribution < -0.4 is 0 Å². The second kappa shape index (κ2) is 6.42. The molecule has 2 saturated carbocycles. The molecule has 1 aromatic carbocycles. The SMILES string of the molecule is CC1C(C2c3cc(Br)ccc3CC23CCC(O)CC3)C1S(=O)C(C)(C)C. The van der Waals surface area contributed by atoms with Crippen molar-refractivity contribution in [2.24, 2.45) is 17.3 Å². The summed E-state index contributed by atoms with van der Waals surface area (Å²) in [6.07, 6.45) is 5.03. The van der Waals surface area contributed by atoms with Crippen LogP contribution in [0.2, 0.25) is 0 Å². The molecular weight excluding hydrogens is 408 g/mol. The minimum Gasteiger partial charge on any atom is -0.393 e. The predicted molar refractivity (Wildman–Crippen MR) is 112 cm³/mol. The molecule has 0 radical (unpaired) electrons. The van der Waals surface area contributed by atoms with Crippen LogP contribution >= 0.6 is 15.9 Å². The van der Waals surface area contributed by atoms with Crippen LogP contribution in [0.25, 0.3) is 0 Å². The highest BCUT2D eigenvalue weighted by Crippen LogP contribution is 2.66. The highest BCUT2D eigenvalue weighted by atomic mass is 79.9. The van der Waals surface area contributed by atoms with Crippen molar-refractivity contribution in [3.05, 3.63) is 33.8 Å². The van der Waals surface area contributed by atoms with E-state index in [1.165, 1.54) is 11.1 Å². The van der Waals surface area contributed by atoms with Gasteiger partial charge in [0, 0.05) is 25.3 Å². The lowest BCUT2D eigenvalue weighted by Crippen LogP contribution is -2.35. The minimum absolute atomic E-state index is 0.132. The van der Waals surface area contributed by atoms with E-state index >= 15 is 0 Å². The Hall–Kier alpha value is -0.190. The first kappa shape index (κ1) is 19.1. The molecule has 0 aromatic heterocycles. The van der Waals surface area contributed by atoms with Gasteiger partial charge >= 0.3 is 0 Å². The number of aliphatic hydroxyl groups excluding tert-OH is 1. The number of rotatable bonds is 2. The zero-order valence-electron chi connectivity index (χ0n) is 16.3. The van der Waals surface area contributed by atoms with Crippen LogP contribution in [0.15, 0.2) is 22.7 Å². The third kappa shape index (κ3) is 3.04. The third-order valence-electron chi connectivity index (χ3n) is 7.20. The van der Waals surface area contributed by atoms with Gasteiger partial charge in [-0.1, -0.05) is 28.9 Å². The largest absolute Gasteiger partial charge is 0.393 e. The van der Waals surface area contributed by atoms with Gasteiger partial charge in [0.2, 0.25) is 0 Å². The number of fused-ring (bicyclic) bond motifs is 1. The number of hydrogen-bond acceptors (Lipinski definition) is 2. The average Bonchev–Trinajstić information content (AvgIpc) is 3.10. The summed E-state index contributed by atoms with van der Waals surface area (Å²) in [5.74, 6) is 1.53. The Morgan fingerprint density at radius 3 is 2.50 bits per heavy atom. The molecule has 26 heavy (non-hydrogen) atoms. The van der Waals surface area contributed by atoms with Gasteiger partial charge in [-0.05, 0) is 99.3 Å². The Labute approximate surface area is 168 Å². The summed E-state index contributed by atoms with van der Waals surface area (Å²) in [6.45, 7) is 8.63. The first-order chi connectivity index (χ1) is 12.1. The lowest BCUT2D eigenvalue weighted by molar-refractivity contribution is 0.0474. The van der Waals surface area contributed by atoms with Crippen LogP contribution in [-0.2, 0) is 17.2 Å². The quantitative estimate of drug-likeness (QED) is 0.689. The maximum atomic E-state index is 13.2. The Morgan fingerprint density at radius 2 is 1.88 bits per heavy atom. The standard InChI is InChI=1S/C22H31BrO2S/c1-13-18(20(13)26(25)21(2,3)4)19-17-11-15(23)6-5-14(17)12-22(19)9-7-16(24)8-10-22/h5-6,11,13,16,18-20,24H,7-10,12H2,1-4H3. The molecule has 144 valence electrons. The van der Waals surface area contributed by atoms with Crippen molar-refractivity contribution in [1.82, 2.24) is 0 Å². The summed E-state index contributed by atoms with van der Waals surface area (Å²) < 4.78 is 14.2. The fourth-order valence-corrected chi connectivity index (χ4v) is 8.18. The van der Waals surface area contributed by atoms with Crippen LogP contribution in [0.3, 0.4) is 0 Å². The molecule has 3 aliphatic rings. The molecule has 0 heterocycles. The summed E-state index contributed by atoms with van der Waals surface area (Å²) in [7, 11) is -0.805. The Balaban J connectivity index is 1.72. The molecular formula is C22H31BrO2S. The van der Waals surface area contributed by atoms with Gasteiger partial charge in [0.15, 0.2) is 0 Å². The fourth-order valence-electron chi connectivity index (χ4n) is 5.81. The van der Waals surface area contributed by atoms with Crippen LogP contribution in [-0.4, -0.2) is 25.4 Å². The van der Waals surface area contributed by atoms with Crippen molar-refractivity contribution in [1.29, 1.82) is 0 Å². The van der Waals surface area contributed by atoms with E-state index in [0.717, 1.165) is 36.6 Å². The maximum absolute atomic E-state index is 13.2. The van der Waals surface area contributed by atoms with Crippen molar-refractivity contribution in [2.45, 2.75) is 81.8 Å². The van der Waals surface area contributed by atoms with Gasteiger partial charge in [-0.2, -0.15) is 0 Å². The van der Waals surface area contributed by atoms with E-state index in [0.29, 0.717) is 23.0 Å². The molecule has 1 aromatic rings. The van der Waals surface area contributed by atoms with Gasteiger partial charge in [0.25, 0.3) is 0 Å². The normalized spacial score (nSPS) is 40.5. The second-order valence-corrected chi connectivity index (χ2v) is 13.2. The fraction of sp³-hybridized carbons (Fsp3) is 0.727. The molecule has 4 rings (SSSR count). The van der Waals surface area contributed by atoms with E-state index in [4.69, 9.17) is 0 Å². The second-order valence-electron chi connectivity index (χ2n) is 9.90. The van der Waals surface area contributed by atoms with E-state index in [-0.39, 0.29) is 16.3 Å². The monoisotopic (exact) mass is 438 g/mol. The van der Waals surface area contributed by atoms with Crippen molar-refractivity contribution in [2.75, 3.05) is 0 Å². The average molecular weight is 439 g/mol. The molecule has 0 saturated heterocycles. The molecule has 2 fully saturated rings. The molecule has 5 atom stereocenters. The molecule has 0 aliphatic heterocycles. The van der Waals surface area contributed by atoms with Crippen LogP contribution in [0.5, 0.6) is 0 Å². The van der Waals surface area contributed by atoms with E-state index in [9.17, 15) is 9.32 Å². The summed E-state index contributed by atoms with van der Waals surface area (Å²) in [5.41, 5.74) is 3.23. The van der Waals surface area contributed by atoms with Gasteiger partial charge < -0.3 is 5.11 Å². The maximum Gasteiger partial charge on any atom is 0.0540 e. The zero-order chi connectivity index (χ0) is 18.9. The first-order valence-corrected chi connectivity index (χ1v) is 12.0. The van der Waals surface area contributed by atoms with Crippen molar-refractivity contribution < 1.29 is 9.32 Å². The van der Waals surface area contributed by atoms with E-state index < -0.39 is 10.8 Å². The lowest BCUT2D eigenvalue weighted by atomic mass is 9.64. The summed E-state index contributed by atoms with van der Waals surface area (Å²) >= 11 is 3.67. The molecule has 1 N–H and O–H groups in total. The number of hydrogen-bond donors (Lipinski definition) is 1. The zero-order valence-corrected chi connectivity index (χ0v) is 18.7. The summed E-state index contributed by atoms with van der Waals surface area (Å²) in [4.78, 5) is 0. The van der Waals surface area contributed by atoms with Crippen LogP contribution in [0.4, 0.5) is 0 Å². The molecule has 0 amide bonds. The summed E-state index contributed by atoms with van der Waals surface area (Å²) in [5, 5.41) is 10.4. The van der Waals surface area contributed by atoms with E-state index in [2.05, 4.69) is 61.8 Å². The number of aliphatic hydroxyl groups is 1. The molecule has 0 bridgehead atoms. The highest BCUT2D eigenvalue weighted by Gasteiger charge is 2.63. The molecule has 2 nitrogen and oxygen atoms in total. The van der Waals surface area contributed by atoms with Gasteiger partial charge in [-0.3, -0.25) is 4.21 Å². The molecule has 4 heteroatoms. The highest BCUT2D eigenvalue weighted by molar-refractivity contribution is 9.10. The van der Waals surface area contributed by atoms with Crippen molar-refractivity contribution >= 4 is 26.7 Å². The third-order valence-corrected chi connectivity index (χ3v) is 10.1. The minimum atomic E-state index is -0.805. The van der Waals surface area contributed by atoms with Crippen molar-refractivity contribution in [3.8, 4) is 0 Å². The van der Waals surface area contributed by atoms with Gasteiger partial charge in [0.05, 0.1) is 6.10 Å². The lowest BCUT2D eigenvalue weighted by Gasteiger charge is -2.41. The van der Waals surface area contributed by atoms with E-state index in [1.807, 2.05) is 0 Å². The van der Waals surface area contributed by atoms with Gasteiger partial charge in [-0.25, -0.2) is 0 Å². The van der Waals surface area contributed by atoms with Crippen LogP contribution in [0, 0.1) is 17.3 Å². The Morgan fingerprint density at radius 1 is 1.23 bits per heavy atom. The Bertz CT molecular complexity index is 730. The van der Waals surface area contributed by atoms with Crippen molar-refractivity contribution in [3.63, 3.8) is 0 Å². The van der Waals surface area contributed by atoms with Gasteiger partial charge in [0.1, 0.15) is 0 Å². The van der Waals surface area contributed by atoms with E-state index in [1.54, 1.807) is 0 Å². The molecule has 3 aliphatic carbocycles. The first-order valence-electron chi connectivity index (χ1n) is 10.0. The number of halogens is 1.